The summed E-state index contributed by atoms with van der Waals surface area (Å²) in [5, 5.41) is 2.98. The highest BCUT2D eigenvalue weighted by Gasteiger charge is 2.08. The number of carbonyl (C=O) groups excluding carboxylic acids is 1. The van der Waals surface area contributed by atoms with E-state index in [2.05, 4.69) is 16.3 Å². The first-order valence-electron chi connectivity index (χ1n) is 6.67. The van der Waals surface area contributed by atoms with Gasteiger partial charge in [0.2, 0.25) is 0 Å². The summed E-state index contributed by atoms with van der Waals surface area (Å²) in [5.41, 5.74) is 3.80. The topological polar surface area (TPSA) is 32.3 Å². The second-order valence-electron chi connectivity index (χ2n) is 5.21. The molecule has 0 aliphatic heterocycles. The van der Waals surface area contributed by atoms with Crippen LogP contribution in [0.15, 0.2) is 48.5 Å². The third-order valence-corrected chi connectivity index (χ3v) is 3.08. The number of rotatable bonds is 4. The van der Waals surface area contributed by atoms with Gasteiger partial charge in [-0.25, -0.2) is 0 Å². The quantitative estimate of drug-likeness (QED) is 0.922. The maximum absolute atomic E-state index is 12.2. The molecular formula is C17H20N2O. The molecule has 0 unspecified atom stereocenters. The van der Waals surface area contributed by atoms with Crippen molar-refractivity contribution < 1.29 is 4.79 Å². The minimum atomic E-state index is -0.0734. The van der Waals surface area contributed by atoms with Crippen LogP contribution in [0.2, 0.25) is 0 Å². The van der Waals surface area contributed by atoms with E-state index in [1.165, 1.54) is 5.56 Å². The van der Waals surface area contributed by atoms with Crippen molar-refractivity contribution in [1.29, 1.82) is 0 Å². The van der Waals surface area contributed by atoms with Crippen molar-refractivity contribution in [2.75, 3.05) is 19.4 Å². The standard InChI is InChI=1S/C17H20N2O/c1-13-9-10-14(12-19(2)3)11-16(13)18-17(20)15-7-5-4-6-8-15/h4-11H,12H2,1-3H3,(H,18,20). The average molecular weight is 268 g/mol. The van der Waals surface area contributed by atoms with Gasteiger partial charge in [0.15, 0.2) is 0 Å². The second kappa shape index (κ2) is 6.35. The Morgan fingerprint density at radius 3 is 2.45 bits per heavy atom. The van der Waals surface area contributed by atoms with Crippen LogP contribution in [-0.4, -0.2) is 24.9 Å². The van der Waals surface area contributed by atoms with Crippen molar-refractivity contribution in [3.05, 3.63) is 65.2 Å². The molecule has 1 amide bonds. The van der Waals surface area contributed by atoms with Crippen LogP contribution >= 0.6 is 0 Å². The second-order valence-corrected chi connectivity index (χ2v) is 5.21. The van der Waals surface area contributed by atoms with Crippen LogP contribution in [0.25, 0.3) is 0 Å². The van der Waals surface area contributed by atoms with Crippen LogP contribution in [-0.2, 0) is 6.54 Å². The predicted molar refractivity (Wildman–Crippen MR) is 83.0 cm³/mol. The van der Waals surface area contributed by atoms with Crippen molar-refractivity contribution >= 4 is 11.6 Å². The molecule has 0 saturated heterocycles. The third-order valence-electron chi connectivity index (χ3n) is 3.08. The fourth-order valence-corrected chi connectivity index (χ4v) is 2.05. The van der Waals surface area contributed by atoms with Crippen molar-refractivity contribution in [3.8, 4) is 0 Å². The first-order chi connectivity index (χ1) is 9.56. The van der Waals surface area contributed by atoms with Gasteiger partial charge in [-0.1, -0.05) is 30.3 Å². The lowest BCUT2D eigenvalue weighted by Crippen LogP contribution is -2.14. The molecule has 0 atom stereocenters. The van der Waals surface area contributed by atoms with Crippen LogP contribution in [0.5, 0.6) is 0 Å². The van der Waals surface area contributed by atoms with Gasteiger partial charge in [0.05, 0.1) is 0 Å². The molecule has 104 valence electrons. The lowest BCUT2D eigenvalue weighted by atomic mass is 10.1. The Morgan fingerprint density at radius 2 is 1.80 bits per heavy atom. The summed E-state index contributed by atoms with van der Waals surface area (Å²) in [5.74, 6) is -0.0734. The Balaban J connectivity index is 2.18. The summed E-state index contributed by atoms with van der Waals surface area (Å²) in [6.07, 6.45) is 0. The molecule has 0 fully saturated rings. The summed E-state index contributed by atoms with van der Waals surface area (Å²) in [4.78, 5) is 14.3. The molecule has 1 N–H and O–H groups in total. The van der Waals surface area contributed by atoms with Gasteiger partial charge in [-0.05, 0) is 50.3 Å². The molecule has 3 heteroatoms. The zero-order valence-electron chi connectivity index (χ0n) is 12.2. The molecule has 0 bridgehead atoms. The van der Waals surface area contributed by atoms with E-state index in [0.29, 0.717) is 5.56 Å². The normalized spacial score (nSPS) is 10.6. The van der Waals surface area contributed by atoms with Gasteiger partial charge in [0.25, 0.3) is 5.91 Å². The van der Waals surface area contributed by atoms with Gasteiger partial charge in [0, 0.05) is 17.8 Å². The van der Waals surface area contributed by atoms with Gasteiger partial charge in [-0.3, -0.25) is 4.79 Å². The van der Waals surface area contributed by atoms with Crippen LogP contribution in [0.4, 0.5) is 5.69 Å². The van der Waals surface area contributed by atoms with E-state index in [1.54, 1.807) is 0 Å². The molecule has 0 spiro atoms. The molecule has 0 aliphatic rings. The van der Waals surface area contributed by atoms with E-state index in [4.69, 9.17) is 0 Å². The first kappa shape index (κ1) is 14.3. The molecule has 0 radical (unpaired) electrons. The lowest BCUT2D eigenvalue weighted by molar-refractivity contribution is 0.102. The number of amides is 1. The Hall–Kier alpha value is -2.13. The third kappa shape index (κ3) is 3.68. The number of benzene rings is 2. The summed E-state index contributed by atoms with van der Waals surface area (Å²) >= 11 is 0. The summed E-state index contributed by atoms with van der Waals surface area (Å²) in [6, 6.07) is 15.4. The maximum atomic E-state index is 12.2. The van der Waals surface area contributed by atoms with Crippen LogP contribution < -0.4 is 5.32 Å². The Labute approximate surface area is 120 Å². The highest BCUT2D eigenvalue weighted by molar-refractivity contribution is 6.04. The lowest BCUT2D eigenvalue weighted by Gasteiger charge is -2.13. The highest BCUT2D eigenvalue weighted by atomic mass is 16.1. The minimum absolute atomic E-state index is 0.0734. The number of hydrogen-bond donors (Lipinski definition) is 1. The van der Waals surface area contributed by atoms with Gasteiger partial charge < -0.3 is 10.2 Å². The molecule has 0 aromatic heterocycles. The average Bonchev–Trinajstić information content (AvgIpc) is 2.43. The fourth-order valence-electron chi connectivity index (χ4n) is 2.05. The van der Waals surface area contributed by atoms with Crippen LogP contribution in [0.1, 0.15) is 21.5 Å². The van der Waals surface area contributed by atoms with Gasteiger partial charge >= 0.3 is 0 Å². The van der Waals surface area contributed by atoms with Gasteiger partial charge in [0.1, 0.15) is 0 Å². The van der Waals surface area contributed by atoms with Crippen molar-refractivity contribution in [2.45, 2.75) is 13.5 Å². The monoisotopic (exact) mass is 268 g/mol. The Kier molecular flexibility index (Phi) is 4.53. The number of carbonyl (C=O) groups is 1. The smallest absolute Gasteiger partial charge is 0.255 e. The van der Waals surface area contributed by atoms with Crippen molar-refractivity contribution in [2.24, 2.45) is 0 Å². The van der Waals surface area contributed by atoms with E-state index >= 15 is 0 Å². The summed E-state index contributed by atoms with van der Waals surface area (Å²) in [7, 11) is 4.06. The van der Waals surface area contributed by atoms with Crippen LogP contribution in [0.3, 0.4) is 0 Å². The van der Waals surface area contributed by atoms with E-state index in [9.17, 15) is 4.79 Å². The first-order valence-corrected chi connectivity index (χ1v) is 6.67. The summed E-state index contributed by atoms with van der Waals surface area (Å²) in [6.45, 7) is 2.86. The van der Waals surface area contributed by atoms with Crippen molar-refractivity contribution in [1.82, 2.24) is 4.90 Å². The van der Waals surface area contributed by atoms with E-state index < -0.39 is 0 Å². The number of aryl methyl sites for hydroxylation is 1. The Bertz CT molecular complexity index is 591. The minimum Gasteiger partial charge on any atom is -0.322 e. The molecule has 0 saturated carbocycles. The zero-order valence-corrected chi connectivity index (χ0v) is 12.2. The fraction of sp³-hybridized carbons (Fsp3) is 0.235. The van der Waals surface area contributed by atoms with Crippen LogP contribution in [0, 0.1) is 6.92 Å². The number of nitrogens with zero attached hydrogens (tertiary/aromatic N) is 1. The molecule has 0 aliphatic carbocycles. The molecule has 0 heterocycles. The van der Waals surface area contributed by atoms with E-state index in [0.717, 1.165) is 17.8 Å². The number of nitrogens with one attached hydrogen (secondary N) is 1. The summed E-state index contributed by atoms with van der Waals surface area (Å²) < 4.78 is 0. The largest absolute Gasteiger partial charge is 0.322 e. The highest BCUT2D eigenvalue weighted by Crippen LogP contribution is 2.18. The van der Waals surface area contributed by atoms with E-state index in [1.807, 2.05) is 63.5 Å². The molecule has 2 rings (SSSR count). The number of hydrogen-bond acceptors (Lipinski definition) is 2. The SMILES string of the molecule is Cc1ccc(CN(C)C)cc1NC(=O)c1ccccc1. The molecular weight excluding hydrogens is 248 g/mol. The predicted octanol–water partition coefficient (Wildman–Crippen LogP) is 3.31. The number of anilines is 1. The molecule has 3 nitrogen and oxygen atoms in total. The van der Waals surface area contributed by atoms with Gasteiger partial charge in [-0.2, -0.15) is 0 Å². The molecule has 2 aromatic carbocycles. The van der Waals surface area contributed by atoms with Gasteiger partial charge in [-0.15, -0.1) is 0 Å². The Morgan fingerprint density at radius 1 is 1.10 bits per heavy atom. The zero-order chi connectivity index (χ0) is 14.5. The van der Waals surface area contributed by atoms with E-state index in [-0.39, 0.29) is 5.91 Å². The van der Waals surface area contributed by atoms with Crippen molar-refractivity contribution in [3.63, 3.8) is 0 Å². The maximum Gasteiger partial charge on any atom is 0.255 e. The molecule has 20 heavy (non-hydrogen) atoms. The molecule has 2 aromatic rings.